The number of para-hydroxylation sites is 3. The smallest absolute Gasteiger partial charge is 0.121 e. The zero-order chi connectivity index (χ0) is 43.5. The van der Waals surface area contributed by atoms with Crippen molar-refractivity contribution in [2.75, 3.05) is 0 Å². The Morgan fingerprint density at radius 1 is 0.738 bits per heavy atom. The molecule has 0 atom stereocenters. The SMILES string of the molecule is CC(C)c1cccc(C(C)C)c1-n1c(-c2[c-]cc(F)cc2)nc2ccccc21.[2H]C([2H])(c1ccnc(-c2[c-]ccc3c2oc2cc4c(ccc5ccccc54)cc23)c1)C(C)(C)C.[Ir]. The predicted molar refractivity (Wildman–Crippen MR) is 247 cm³/mol. The second-order valence-corrected chi connectivity index (χ2v) is 17.1. The van der Waals surface area contributed by atoms with Crippen LogP contribution in [0.5, 0.6) is 0 Å². The molecule has 0 unspecified atom stereocenters. The van der Waals surface area contributed by atoms with Crippen LogP contribution in [0, 0.1) is 23.4 Å². The number of fused-ring (bicyclic) bond motifs is 7. The van der Waals surface area contributed by atoms with Crippen LogP contribution in [0.4, 0.5) is 4.39 Å². The average molecular weight is 980 g/mol. The van der Waals surface area contributed by atoms with Crippen LogP contribution >= 0.6 is 0 Å². The number of hydrogen-bond acceptors (Lipinski definition) is 3. The Balaban J connectivity index is 0.000000173. The molecule has 3 heterocycles. The van der Waals surface area contributed by atoms with E-state index >= 15 is 0 Å². The zero-order valence-electron chi connectivity index (χ0n) is 37.4. The predicted octanol–water partition coefficient (Wildman–Crippen LogP) is 15.2. The summed E-state index contributed by atoms with van der Waals surface area (Å²) in [6.07, 6.45) is 0.162. The molecule has 4 nitrogen and oxygen atoms in total. The molecular formula is C55H48FIrN3O-2. The number of pyridine rings is 1. The number of furan rings is 1. The fourth-order valence-corrected chi connectivity index (χ4v) is 8.26. The summed E-state index contributed by atoms with van der Waals surface area (Å²) < 4.78 is 39.5. The van der Waals surface area contributed by atoms with Gasteiger partial charge in [-0.1, -0.05) is 138 Å². The molecule has 0 aliphatic carbocycles. The van der Waals surface area contributed by atoms with E-state index in [0.717, 1.165) is 55.3 Å². The molecule has 0 amide bonds. The summed E-state index contributed by atoms with van der Waals surface area (Å²) in [6.45, 7) is 14.6. The van der Waals surface area contributed by atoms with Gasteiger partial charge in [-0.2, -0.15) is 0 Å². The molecule has 6 heteroatoms. The molecule has 61 heavy (non-hydrogen) atoms. The van der Waals surface area contributed by atoms with Crippen molar-refractivity contribution >= 4 is 54.5 Å². The molecule has 7 aromatic carbocycles. The van der Waals surface area contributed by atoms with E-state index < -0.39 is 11.8 Å². The van der Waals surface area contributed by atoms with Gasteiger partial charge >= 0.3 is 0 Å². The van der Waals surface area contributed by atoms with Crippen LogP contribution in [0.25, 0.3) is 82.8 Å². The van der Waals surface area contributed by atoms with E-state index in [0.29, 0.717) is 23.1 Å². The maximum atomic E-state index is 13.5. The third kappa shape index (κ3) is 8.15. The van der Waals surface area contributed by atoms with Crippen LogP contribution < -0.4 is 0 Å². The first-order valence-electron chi connectivity index (χ1n) is 21.6. The summed E-state index contributed by atoms with van der Waals surface area (Å²) >= 11 is 0. The standard InChI is InChI=1S/C30H24NO.C25H24FN2.Ir/c1-30(2,3)18-19-13-14-31-27(15-19)24-10-6-9-23-26-16-21-12-11-20-7-4-5-8-22(20)25(21)17-28(26)32-29(23)24;1-16(2)20-8-7-9-21(17(3)4)24(20)28-23-11-6-5-10-22(23)27-25(28)18-12-14-19(26)15-13-18;/h4-9,11-17H,18H2,1-3H3;5-12,14-17H,1-4H3;/q2*-1;/i18D2;;. The Hall–Kier alpha value is -5.94. The van der Waals surface area contributed by atoms with Crippen molar-refractivity contribution < 1.29 is 31.7 Å². The van der Waals surface area contributed by atoms with Crippen molar-refractivity contribution in [3.8, 4) is 28.3 Å². The first-order chi connectivity index (χ1) is 29.7. The van der Waals surface area contributed by atoms with Crippen LogP contribution in [-0.4, -0.2) is 14.5 Å². The van der Waals surface area contributed by atoms with E-state index in [-0.39, 0.29) is 25.9 Å². The Morgan fingerprint density at radius 3 is 2.21 bits per heavy atom. The van der Waals surface area contributed by atoms with Crippen LogP contribution in [-0.2, 0) is 26.5 Å². The Kier molecular flexibility index (Phi) is 10.8. The maximum Gasteiger partial charge on any atom is 0.121 e. The van der Waals surface area contributed by atoms with Gasteiger partial charge in [-0.25, -0.2) is 0 Å². The van der Waals surface area contributed by atoms with Gasteiger partial charge in [-0.05, 0) is 92.3 Å². The minimum Gasteiger partial charge on any atom is -0.501 e. The van der Waals surface area contributed by atoms with Crippen LogP contribution in [0.2, 0.25) is 0 Å². The van der Waals surface area contributed by atoms with Crippen molar-refractivity contribution in [2.45, 2.75) is 66.7 Å². The second-order valence-electron chi connectivity index (χ2n) is 17.1. The van der Waals surface area contributed by atoms with Gasteiger partial charge in [-0.3, -0.25) is 9.37 Å². The number of imidazole rings is 1. The molecule has 307 valence electrons. The third-order valence-corrected chi connectivity index (χ3v) is 11.0. The average Bonchev–Trinajstić information content (AvgIpc) is 3.83. The summed E-state index contributed by atoms with van der Waals surface area (Å²) in [4.78, 5) is 9.46. The molecule has 10 aromatic rings. The second kappa shape index (κ2) is 16.8. The van der Waals surface area contributed by atoms with E-state index in [1.54, 1.807) is 18.3 Å². The van der Waals surface area contributed by atoms with Gasteiger partial charge in [0.05, 0.1) is 22.4 Å². The normalized spacial score (nSPS) is 12.6. The van der Waals surface area contributed by atoms with E-state index in [9.17, 15) is 4.39 Å². The van der Waals surface area contributed by atoms with Crippen molar-refractivity contribution in [3.05, 3.63) is 174 Å². The summed E-state index contributed by atoms with van der Waals surface area (Å²) in [5, 5.41) is 6.79. The monoisotopic (exact) mass is 980 g/mol. The van der Waals surface area contributed by atoms with Gasteiger partial charge in [0.1, 0.15) is 5.58 Å². The fraction of sp³-hybridized carbons (Fsp3) is 0.200. The van der Waals surface area contributed by atoms with Crippen LogP contribution in [0.3, 0.4) is 0 Å². The molecule has 0 N–H and O–H groups in total. The van der Waals surface area contributed by atoms with Gasteiger partial charge in [-0.15, -0.1) is 48.0 Å². The zero-order valence-corrected chi connectivity index (χ0v) is 37.8. The minimum atomic E-state index is -1.51. The fourth-order valence-electron chi connectivity index (χ4n) is 8.26. The van der Waals surface area contributed by atoms with Crippen molar-refractivity contribution in [1.29, 1.82) is 0 Å². The Bertz CT molecular complexity index is 3260. The molecule has 0 aliphatic heterocycles. The van der Waals surface area contributed by atoms with Gasteiger partial charge < -0.3 is 14.0 Å². The third-order valence-electron chi connectivity index (χ3n) is 11.0. The molecule has 0 saturated heterocycles. The van der Waals surface area contributed by atoms with Gasteiger partial charge in [0.2, 0.25) is 0 Å². The quantitative estimate of drug-likeness (QED) is 0.123. The van der Waals surface area contributed by atoms with E-state index in [1.807, 2.05) is 57.2 Å². The number of aromatic nitrogens is 3. The summed E-state index contributed by atoms with van der Waals surface area (Å²) in [6, 6.07) is 50.1. The maximum absolute atomic E-state index is 13.5. The van der Waals surface area contributed by atoms with Crippen molar-refractivity contribution in [2.24, 2.45) is 5.41 Å². The molecule has 0 saturated carbocycles. The van der Waals surface area contributed by atoms with E-state index in [1.165, 1.54) is 45.1 Å². The Labute approximate surface area is 373 Å². The van der Waals surface area contributed by atoms with E-state index in [4.69, 9.17) is 12.1 Å². The molecule has 1 radical (unpaired) electrons. The molecule has 0 spiro atoms. The number of rotatable bonds is 6. The van der Waals surface area contributed by atoms with E-state index in [2.05, 4.69) is 122 Å². The van der Waals surface area contributed by atoms with Gasteiger partial charge in [0.25, 0.3) is 0 Å². The number of nitrogens with zero attached hydrogens (tertiary/aromatic N) is 3. The topological polar surface area (TPSA) is 43.9 Å². The van der Waals surface area contributed by atoms with Crippen LogP contribution in [0.15, 0.2) is 144 Å². The molecule has 10 rings (SSSR count). The molecule has 0 bridgehead atoms. The van der Waals surface area contributed by atoms with Gasteiger partial charge in [0, 0.05) is 45.9 Å². The number of hydrogen-bond donors (Lipinski definition) is 0. The van der Waals surface area contributed by atoms with Gasteiger partial charge in [0.15, 0.2) is 0 Å². The molecule has 3 aromatic heterocycles. The van der Waals surface area contributed by atoms with Crippen LogP contribution in [0.1, 0.15) is 79.7 Å². The Morgan fingerprint density at radius 2 is 1.48 bits per heavy atom. The summed E-state index contributed by atoms with van der Waals surface area (Å²) in [7, 11) is 0. The number of benzene rings is 7. The minimum absolute atomic E-state index is 0. The van der Waals surface area contributed by atoms with Crippen molar-refractivity contribution in [1.82, 2.24) is 14.5 Å². The first-order valence-corrected chi connectivity index (χ1v) is 20.6. The van der Waals surface area contributed by atoms with Crippen molar-refractivity contribution in [3.63, 3.8) is 0 Å². The summed E-state index contributed by atoms with van der Waals surface area (Å²) in [5.74, 6) is 1.22. The summed E-state index contributed by atoms with van der Waals surface area (Å²) in [5.41, 5.74) is 9.47. The number of halogens is 1. The largest absolute Gasteiger partial charge is 0.501 e. The molecule has 0 aliphatic rings. The first kappa shape index (κ1) is 39.2. The molecule has 0 fully saturated rings. The molecular weight excluding hydrogens is 930 g/mol.